The first kappa shape index (κ1) is 25.6. The second kappa shape index (κ2) is 11.1. The van der Waals surface area contributed by atoms with Gasteiger partial charge in [0.15, 0.2) is 11.5 Å². The Kier molecular flexibility index (Phi) is 7.66. The number of amides is 1. The smallest absolute Gasteiger partial charge is 0.343 e. The molecule has 0 saturated heterocycles. The zero-order valence-corrected chi connectivity index (χ0v) is 20.5. The fraction of sp³-hybridized carbons (Fsp3) is 0.296. The monoisotopic (exact) mass is 508 g/mol. The number of H-pyrrole nitrogens is 1. The van der Waals surface area contributed by atoms with Crippen molar-refractivity contribution in [1.29, 1.82) is 0 Å². The summed E-state index contributed by atoms with van der Waals surface area (Å²) >= 11 is 0. The summed E-state index contributed by atoms with van der Waals surface area (Å²) < 4.78 is 21.7. The summed E-state index contributed by atoms with van der Waals surface area (Å²) in [7, 11) is 2.62. The third kappa shape index (κ3) is 5.53. The van der Waals surface area contributed by atoms with Gasteiger partial charge in [0.05, 0.1) is 33.0 Å². The quantitative estimate of drug-likeness (QED) is 0.354. The summed E-state index contributed by atoms with van der Waals surface area (Å²) in [5.74, 6) is -1.32. The number of hydrogen-bond acceptors (Lipinski definition) is 8. The van der Waals surface area contributed by atoms with E-state index < -0.39 is 29.1 Å². The molecule has 3 aromatic rings. The number of ether oxygens (including phenoxy) is 4. The fourth-order valence-corrected chi connectivity index (χ4v) is 4.41. The summed E-state index contributed by atoms with van der Waals surface area (Å²) in [5.41, 5.74) is 7.14. The predicted molar refractivity (Wildman–Crippen MR) is 134 cm³/mol. The Labute approximate surface area is 212 Å². The molecule has 0 spiro atoms. The highest BCUT2D eigenvalue weighted by atomic mass is 16.5. The minimum atomic E-state index is -0.956. The first-order chi connectivity index (χ1) is 17.8. The average molecular weight is 509 g/mol. The van der Waals surface area contributed by atoms with Gasteiger partial charge in [0.2, 0.25) is 5.91 Å². The Hall–Kier alpha value is -4.47. The third-order valence-corrected chi connectivity index (χ3v) is 6.25. The number of pyridine rings is 1. The maximum absolute atomic E-state index is 12.7. The molecule has 1 aromatic heterocycles. The predicted octanol–water partition coefficient (Wildman–Crippen LogP) is 2.44. The summed E-state index contributed by atoms with van der Waals surface area (Å²) in [6, 6.07) is 11.0. The zero-order valence-electron chi connectivity index (χ0n) is 20.5. The molecule has 4 N–H and O–H groups in total. The van der Waals surface area contributed by atoms with Crippen LogP contribution in [0.25, 0.3) is 0 Å². The van der Waals surface area contributed by atoms with E-state index >= 15 is 0 Å². The Morgan fingerprint density at radius 3 is 2.70 bits per heavy atom. The molecule has 2 aromatic carbocycles. The minimum Gasteiger partial charge on any atom is -0.506 e. The van der Waals surface area contributed by atoms with Gasteiger partial charge >= 0.3 is 5.97 Å². The molecule has 37 heavy (non-hydrogen) atoms. The number of carbonyl (C=O) groups excluding carboxylic acids is 2. The Morgan fingerprint density at radius 2 is 1.97 bits per heavy atom. The van der Waals surface area contributed by atoms with Crippen molar-refractivity contribution >= 4 is 11.9 Å². The van der Waals surface area contributed by atoms with Crippen LogP contribution in [-0.2, 0) is 22.4 Å². The van der Waals surface area contributed by atoms with Crippen LogP contribution < -0.4 is 25.5 Å². The highest BCUT2D eigenvalue weighted by Gasteiger charge is 2.28. The molecule has 1 aliphatic heterocycles. The van der Waals surface area contributed by atoms with Gasteiger partial charge in [-0.1, -0.05) is 18.2 Å². The van der Waals surface area contributed by atoms with Gasteiger partial charge in [-0.3, -0.25) is 9.59 Å². The van der Waals surface area contributed by atoms with E-state index in [-0.39, 0.29) is 17.5 Å². The van der Waals surface area contributed by atoms with E-state index in [1.807, 2.05) is 12.1 Å². The van der Waals surface area contributed by atoms with Gasteiger partial charge in [0.1, 0.15) is 17.1 Å². The Balaban J connectivity index is 1.59. The fourth-order valence-electron chi connectivity index (χ4n) is 4.41. The highest BCUT2D eigenvalue weighted by Crippen LogP contribution is 2.37. The topological polar surface area (TPSA) is 150 Å². The van der Waals surface area contributed by atoms with Gasteiger partial charge in [-0.15, -0.1) is 0 Å². The van der Waals surface area contributed by atoms with E-state index in [9.17, 15) is 19.5 Å². The van der Waals surface area contributed by atoms with Crippen molar-refractivity contribution in [3.05, 3.63) is 80.8 Å². The molecule has 0 unspecified atom stereocenters. The summed E-state index contributed by atoms with van der Waals surface area (Å²) in [4.78, 5) is 39.0. The van der Waals surface area contributed by atoms with Crippen molar-refractivity contribution in [2.75, 3.05) is 27.4 Å². The molecule has 10 nitrogen and oxygen atoms in total. The molecule has 1 aliphatic rings. The molecule has 2 heterocycles. The van der Waals surface area contributed by atoms with Crippen LogP contribution in [0.1, 0.15) is 45.0 Å². The van der Waals surface area contributed by atoms with Gasteiger partial charge in [-0.05, 0) is 34.9 Å². The molecule has 1 amide bonds. The van der Waals surface area contributed by atoms with Crippen LogP contribution >= 0.6 is 0 Å². The van der Waals surface area contributed by atoms with Gasteiger partial charge in [0, 0.05) is 31.4 Å². The Bertz CT molecular complexity index is 1380. The SMILES string of the molecule is COC(=O)c1c[nH]c(=O)c([C@@H](CC(N)=O)c2ccc(OCCc3ccc4c(c3)CCO4)c(OC)c2)c1O. The van der Waals surface area contributed by atoms with Crippen molar-refractivity contribution in [2.24, 2.45) is 5.73 Å². The zero-order chi connectivity index (χ0) is 26.5. The lowest BCUT2D eigenvalue weighted by Crippen LogP contribution is -2.24. The summed E-state index contributed by atoms with van der Waals surface area (Å²) in [6.45, 7) is 1.09. The van der Waals surface area contributed by atoms with Crippen molar-refractivity contribution in [3.63, 3.8) is 0 Å². The molecule has 0 saturated carbocycles. The number of benzene rings is 2. The van der Waals surface area contributed by atoms with Crippen LogP contribution in [-0.4, -0.2) is 49.4 Å². The number of nitrogens with one attached hydrogen (secondary N) is 1. The van der Waals surface area contributed by atoms with Crippen molar-refractivity contribution < 1.29 is 33.6 Å². The Morgan fingerprint density at radius 1 is 1.16 bits per heavy atom. The molecular weight excluding hydrogens is 480 g/mol. The van der Waals surface area contributed by atoms with E-state index in [0.717, 1.165) is 31.0 Å². The maximum Gasteiger partial charge on any atom is 0.343 e. The van der Waals surface area contributed by atoms with Gasteiger partial charge < -0.3 is 34.8 Å². The molecule has 0 radical (unpaired) electrons. The third-order valence-electron chi connectivity index (χ3n) is 6.25. The highest BCUT2D eigenvalue weighted by molar-refractivity contribution is 5.92. The first-order valence-corrected chi connectivity index (χ1v) is 11.7. The lowest BCUT2D eigenvalue weighted by molar-refractivity contribution is -0.118. The van der Waals surface area contributed by atoms with E-state index in [1.54, 1.807) is 18.2 Å². The van der Waals surface area contributed by atoms with Crippen LogP contribution in [0, 0.1) is 0 Å². The first-order valence-electron chi connectivity index (χ1n) is 11.7. The molecule has 10 heteroatoms. The van der Waals surface area contributed by atoms with Gasteiger partial charge in [-0.25, -0.2) is 4.79 Å². The lowest BCUT2D eigenvalue weighted by Gasteiger charge is -2.20. The molecular formula is C27H28N2O8. The van der Waals surface area contributed by atoms with Gasteiger partial charge in [-0.2, -0.15) is 0 Å². The summed E-state index contributed by atoms with van der Waals surface area (Å²) in [6.07, 6.45) is 2.32. The standard InChI is InChI=1S/C27H28N2O8/c1-34-22-12-16(4-6-21(22)37-9-7-15-3-5-20-17(11-15)8-10-36-20)18(13-23(28)30)24-25(31)19(27(33)35-2)14-29-26(24)32/h3-6,11-12,14,18H,7-10,13H2,1-2H3,(H2,28,30)(H2,29,31,32)/t18-/m0/s1. The minimum absolute atomic E-state index is 0.182. The number of fused-ring (bicyclic) bond motifs is 1. The van der Waals surface area contributed by atoms with Crippen LogP contribution in [0.2, 0.25) is 0 Å². The van der Waals surface area contributed by atoms with Crippen LogP contribution in [0.15, 0.2) is 47.4 Å². The molecule has 4 rings (SSSR count). The number of carbonyl (C=O) groups is 2. The van der Waals surface area contributed by atoms with Crippen LogP contribution in [0.5, 0.6) is 23.0 Å². The van der Waals surface area contributed by atoms with E-state index in [2.05, 4.69) is 15.8 Å². The van der Waals surface area contributed by atoms with Crippen LogP contribution in [0.4, 0.5) is 0 Å². The molecule has 0 aliphatic carbocycles. The molecule has 1 atom stereocenters. The number of primary amides is 1. The lowest BCUT2D eigenvalue weighted by atomic mass is 9.87. The van der Waals surface area contributed by atoms with Gasteiger partial charge in [0.25, 0.3) is 5.56 Å². The second-order valence-corrected chi connectivity index (χ2v) is 8.56. The van der Waals surface area contributed by atoms with Crippen molar-refractivity contribution in [2.45, 2.75) is 25.2 Å². The van der Waals surface area contributed by atoms with Crippen LogP contribution in [0.3, 0.4) is 0 Å². The average Bonchev–Trinajstić information content (AvgIpc) is 3.35. The largest absolute Gasteiger partial charge is 0.506 e. The number of hydrogen-bond donors (Lipinski definition) is 3. The molecule has 194 valence electrons. The van der Waals surface area contributed by atoms with Crippen molar-refractivity contribution in [3.8, 4) is 23.0 Å². The number of aromatic hydroxyl groups is 1. The number of aromatic amines is 1. The number of rotatable bonds is 10. The normalized spacial score (nSPS) is 12.8. The van der Waals surface area contributed by atoms with E-state index in [1.165, 1.54) is 12.7 Å². The van der Waals surface area contributed by atoms with Crippen molar-refractivity contribution in [1.82, 2.24) is 4.98 Å². The van der Waals surface area contributed by atoms with E-state index in [0.29, 0.717) is 36.7 Å². The number of nitrogens with two attached hydrogens (primary N) is 1. The second-order valence-electron chi connectivity index (χ2n) is 8.56. The number of esters is 1. The molecule has 0 bridgehead atoms. The van der Waals surface area contributed by atoms with E-state index in [4.69, 9.17) is 19.9 Å². The summed E-state index contributed by atoms with van der Waals surface area (Å²) in [5, 5.41) is 10.7. The molecule has 0 fully saturated rings. The maximum atomic E-state index is 12.7. The number of aromatic nitrogens is 1. The number of methoxy groups -OCH3 is 2.